The quantitative estimate of drug-likeness (QED) is 0.314. The fourth-order valence-electron chi connectivity index (χ4n) is 3.79. The number of anilines is 1. The van der Waals surface area contributed by atoms with Crippen LogP contribution in [0.1, 0.15) is 35.7 Å². The molecule has 9 heteroatoms. The standard InChI is InChI=1S/C25H30N6O3/c1-17(27)34-24(28)19-4-3-5-20(14-19)29-16-22(15-26)31(21-10-12-30(2)13-11-21)25(33)18-6-8-23(32)9-7-18/h3-9,14-16,21,26-29,32H,10-13H2,1-2H3/b22-16+,26-15?,27-17?,28-24?. The number of nitrogens with one attached hydrogen (secondary N) is 4. The molecule has 0 radical (unpaired) electrons. The number of phenolic OH excluding ortho intramolecular Hbond substituents is 1. The van der Waals surface area contributed by atoms with Crippen LogP contribution in [0.15, 0.2) is 60.4 Å². The molecule has 1 amide bonds. The Morgan fingerprint density at radius 3 is 2.44 bits per heavy atom. The largest absolute Gasteiger partial charge is 0.508 e. The van der Waals surface area contributed by atoms with Crippen LogP contribution in [0, 0.1) is 16.2 Å². The van der Waals surface area contributed by atoms with Gasteiger partial charge in [0.15, 0.2) is 5.90 Å². The SMILES string of the molecule is CC(=N)OC(=N)c1cccc(N/C=C(\C=N)N(C(=O)c2ccc(O)cc2)C2CCN(C)CC2)c1. The van der Waals surface area contributed by atoms with E-state index in [-0.39, 0.29) is 29.5 Å². The van der Waals surface area contributed by atoms with Gasteiger partial charge < -0.3 is 30.4 Å². The summed E-state index contributed by atoms with van der Waals surface area (Å²) in [5, 5.41) is 36.1. The smallest absolute Gasteiger partial charge is 0.258 e. The number of hydrogen-bond donors (Lipinski definition) is 5. The second-order valence-corrected chi connectivity index (χ2v) is 8.18. The Labute approximate surface area is 199 Å². The molecule has 0 atom stereocenters. The minimum Gasteiger partial charge on any atom is -0.508 e. The number of aromatic hydroxyl groups is 1. The minimum atomic E-state index is -0.239. The van der Waals surface area contributed by atoms with E-state index in [4.69, 9.17) is 21.0 Å². The second kappa shape index (κ2) is 11.2. The molecule has 1 heterocycles. The van der Waals surface area contributed by atoms with E-state index in [1.54, 1.807) is 47.5 Å². The van der Waals surface area contributed by atoms with Crippen LogP contribution < -0.4 is 5.32 Å². The highest BCUT2D eigenvalue weighted by atomic mass is 16.5. The number of ether oxygens (including phenoxy) is 1. The maximum atomic E-state index is 13.5. The first kappa shape index (κ1) is 24.7. The van der Waals surface area contributed by atoms with Gasteiger partial charge in [0.25, 0.3) is 5.91 Å². The Morgan fingerprint density at radius 1 is 1.15 bits per heavy atom. The lowest BCUT2D eigenvalue weighted by Crippen LogP contribution is -2.46. The van der Waals surface area contributed by atoms with Gasteiger partial charge >= 0.3 is 0 Å². The molecule has 2 aromatic carbocycles. The molecule has 9 nitrogen and oxygen atoms in total. The molecule has 1 saturated heterocycles. The van der Waals surface area contributed by atoms with Gasteiger partial charge in [-0.15, -0.1) is 0 Å². The van der Waals surface area contributed by atoms with Crippen molar-refractivity contribution in [2.24, 2.45) is 0 Å². The summed E-state index contributed by atoms with van der Waals surface area (Å²) in [4.78, 5) is 17.3. The zero-order chi connectivity index (χ0) is 24.7. The van der Waals surface area contributed by atoms with E-state index < -0.39 is 0 Å². The fourth-order valence-corrected chi connectivity index (χ4v) is 3.79. The normalized spacial score (nSPS) is 14.8. The Morgan fingerprint density at radius 2 is 1.82 bits per heavy atom. The highest BCUT2D eigenvalue weighted by Gasteiger charge is 2.30. The predicted octanol–water partition coefficient (Wildman–Crippen LogP) is 3.87. The number of piperidine rings is 1. The molecule has 3 rings (SSSR count). The Bertz CT molecular complexity index is 1090. The van der Waals surface area contributed by atoms with Crippen molar-refractivity contribution in [1.82, 2.24) is 9.80 Å². The molecule has 0 saturated carbocycles. The summed E-state index contributed by atoms with van der Waals surface area (Å²) in [6, 6.07) is 13.0. The van der Waals surface area contributed by atoms with Crippen molar-refractivity contribution in [3.63, 3.8) is 0 Å². The number of likely N-dealkylation sites (tertiary alicyclic amines) is 1. The van der Waals surface area contributed by atoms with Crippen molar-refractivity contribution in [2.45, 2.75) is 25.8 Å². The predicted molar refractivity (Wildman–Crippen MR) is 133 cm³/mol. The zero-order valence-corrected chi connectivity index (χ0v) is 19.3. The number of amides is 1. The molecule has 34 heavy (non-hydrogen) atoms. The summed E-state index contributed by atoms with van der Waals surface area (Å²) in [5.41, 5.74) is 1.97. The summed E-state index contributed by atoms with van der Waals surface area (Å²) in [7, 11) is 2.05. The fraction of sp³-hybridized carbons (Fsp3) is 0.280. The first-order valence-corrected chi connectivity index (χ1v) is 11.0. The molecule has 0 aliphatic carbocycles. The summed E-state index contributed by atoms with van der Waals surface area (Å²) in [5.74, 6) is -0.366. The van der Waals surface area contributed by atoms with Crippen LogP contribution in [0.25, 0.3) is 0 Å². The van der Waals surface area contributed by atoms with E-state index in [0.717, 1.165) is 32.1 Å². The first-order chi connectivity index (χ1) is 16.3. The van der Waals surface area contributed by atoms with Crippen molar-refractivity contribution in [2.75, 3.05) is 25.5 Å². The third-order valence-corrected chi connectivity index (χ3v) is 5.58. The Hall–Kier alpha value is -3.98. The van der Waals surface area contributed by atoms with E-state index in [9.17, 15) is 9.90 Å². The third kappa shape index (κ3) is 6.29. The van der Waals surface area contributed by atoms with Gasteiger partial charge in [-0.3, -0.25) is 15.6 Å². The van der Waals surface area contributed by atoms with Gasteiger partial charge in [0.1, 0.15) is 5.75 Å². The molecule has 0 aromatic heterocycles. The third-order valence-electron chi connectivity index (χ3n) is 5.58. The van der Waals surface area contributed by atoms with Crippen molar-refractivity contribution in [3.05, 3.63) is 71.6 Å². The van der Waals surface area contributed by atoms with Crippen LogP contribution >= 0.6 is 0 Å². The minimum absolute atomic E-state index is 0.0733. The maximum absolute atomic E-state index is 13.5. The zero-order valence-electron chi connectivity index (χ0n) is 19.3. The molecule has 1 aliphatic heterocycles. The van der Waals surface area contributed by atoms with Gasteiger partial charge in [-0.1, -0.05) is 6.07 Å². The molecule has 0 spiro atoms. The van der Waals surface area contributed by atoms with Gasteiger partial charge in [0.05, 0.1) is 5.70 Å². The summed E-state index contributed by atoms with van der Waals surface area (Å²) < 4.78 is 5.07. The average Bonchev–Trinajstić information content (AvgIpc) is 2.82. The van der Waals surface area contributed by atoms with Crippen LogP contribution in [0.2, 0.25) is 0 Å². The van der Waals surface area contributed by atoms with E-state index in [1.165, 1.54) is 19.1 Å². The lowest BCUT2D eigenvalue weighted by Gasteiger charge is -2.37. The van der Waals surface area contributed by atoms with E-state index >= 15 is 0 Å². The first-order valence-electron chi connectivity index (χ1n) is 11.0. The topological polar surface area (TPSA) is 137 Å². The number of allylic oxidation sites excluding steroid dienone is 1. The average molecular weight is 463 g/mol. The number of rotatable bonds is 7. The summed E-state index contributed by atoms with van der Waals surface area (Å²) in [6.07, 6.45) is 4.31. The summed E-state index contributed by atoms with van der Waals surface area (Å²) in [6.45, 7) is 3.15. The molecule has 178 valence electrons. The number of nitrogens with zero attached hydrogens (tertiary/aromatic N) is 2. The highest BCUT2D eigenvalue weighted by molar-refractivity contribution is 6.00. The Kier molecular flexibility index (Phi) is 8.15. The second-order valence-electron chi connectivity index (χ2n) is 8.18. The van der Waals surface area contributed by atoms with Crippen LogP contribution in [-0.2, 0) is 4.74 Å². The van der Waals surface area contributed by atoms with Gasteiger partial charge in [-0.2, -0.15) is 0 Å². The van der Waals surface area contributed by atoms with Gasteiger partial charge in [-0.05, 0) is 75.4 Å². The van der Waals surface area contributed by atoms with Gasteiger partial charge in [0.2, 0.25) is 5.90 Å². The van der Waals surface area contributed by atoms with Crippen molar-refractivity contribution >= 4 is 29.6 Å². The number of phenols is 1. The van der Waals surface area contributed by atoms with Crippen LogP contribution in [0.3, 0.4) is 0 Å². The van der Waals surface area contributed by atoms with E-state index in [0.29, 0.717) is 22.5 Å². The molecule has 0 unspecified atom stereocenters. The maximum Gasteiger partial charge on any atom is 0.258 e. The Balaban J connectivity index is 1.88. The van der Waals surface area contributed by atoms with Crippen LogP contribution in [0.5, 0.6) is 5.75 Å². The monoisotopic (exact) mass is 462 g/mol. The van der Waals surface area contributed by atoms with Crippen molar-refractivity contribution in [1.29, 1.82) is 16.2 Å². The molecule has 1 fully saturated rings. The number of carbonyl (C=O) groups excluding carboxylic acids is 1. The summed E-state index contributed by atoms with van der Waals surface area (Å²) >= 11 is 0. The van der Waals surface area contributed by atoms with Crippen LogP contribution in [-0.4, -0.2) is 65.0 Å². The van der Waals surface area contributed by atoms with Crippen molar-refractivity contribution < 1.29 is 14.6 Å². The van der Waals surface area contributed by atoms with Crippen molar-refractivity contribution in [3.8, 4) is 5.75 Å². The van der Waals surface area contributed by atoms with Gasteiger partial charge in [0, 0.05) is 42.2 Å². The lowest BCUT2D eigenvalue weighted by molar-refractivity contribution is 0.0692. The molecule has 1 aliphatic rings. The van der Waals surface area contributed by atoms with Crippen LogP contribution in [0.4, 0.5) is 5.69 Å². The molecule has 0 bridgehead atoms. The van der Waals surface area contributed by atoms with E-state index in [2.05, 4.69) is 10.2 Å². The molecule has 5 N–H and O–H groups in total. The highest BCUT2D eigenvalue weighted by Crippen LogP contribution is 2.23. The van der Waals surface area contributed by atoms with Gasteiger partial charge in [-0.25, -0.2) is 0 Å². The van der Waals surface area contributed by atoms with E-state index in [1.807, 2.05) is 7.05 Å². The lowest BCUT2D eigenvalue weighted by atomic mass is 10.0. The molecular weight excluding hydrogens is 432 g/mol. The molecule has 2 aromatic rings. The number of benzene rings is 2. The number of carbonyl (C=O) groups is 1. The number of hydrogen-bond acceptors (Lipinski definition) is 8. The molecular formula is C25H30N6O3.